The van der Waals surface area contributed by atoms with E-state index in [9.17, 15) is 14.4 Å². The molecule has 3 rings (SSSR count). The summed E-state index contributed by atoms with van der Waals surface area (Å²) in [4.78, 5) is 39.4. The minimum Gasteiger partial charge on any atom is -0.466 e. The van der Waals surface area contributed by atoms with Crippen molar-refractivity contribution in [1.29, 1.82) is 0 Å². The van der Waals surface area contributed by atoms with Gasteiger partial charge < -0.3 is 25.6 Å². The highest BCUT2D eigenvalue weighted by atomic mass is 16.6. The Kier molecular flexibility index (Phi) is 6.27. The molecule has 154 valence electrons. The van der Waals surface area contributed by atoms with Gasteiger partial charge in [-0.05, 0) is 34.9 Å². The molecular formula is C18H22N6O5. The molecule has 11 heteroatoms. The summed E-state index contributed by atoms with van der Waals surface area (Å²) < 4.78 is 9.36. The highest BCUT2D eigenvalue weighted by molar-refractivity contribution is 5.96. The van der Waals surface area contributed by atoms with E-state index in [0.29, 0.717) is 38.5 Å². The van der Waals surface area contributed by atoms with E-state index < -0.39 is 0 Å². The second-order valence-electron chi connectivity index (χ2n) is 6.39. The standard InChI is InChI=1S/C18H22N6O5/c1-2-28-14(25)11-12-3-5-13(6-4-12)20-18(27)24-9-7-23(8-10-24)17(26)15-16(19)22-29-21-15/h3-6H,2,7-11H2,1H3,(H2,19,22)(H,20,27). The molecule has 0 aliphatic carbocycles. The molecule has 3 N–H and O–H groups in total. The van der Waals surface area contributed by atoms with Gasteiger partial charge in [0, 0.05) is 31.9 Å². The number of nitrogen functional groups attached to an aromatic ring is 1. The van der Waals surface area contributed by atoms with Gasteiger partial charge in [-0.25, -0.2) is 9.42 Å². The Morgan fingerprint density at radius 3 is 2.34 bits per heavy atom. The number of anilines is 2. The van der Waals surface area contributed by atoms with Crippen molar-refractivity contribution in [3.8, 4) is 0 Å². The molecule has 1 aliphatic heterocycles. The summed E-state index contributed by atoms with van der Waals surface area (Å²) in [6, 6.07) is 6.72. The third-order valence-electron chi connectivity index (χ3n) is 4.43. The maximum Gasteiger partial charge on any atom is 0.321 e. The number of benzene rings is 1. The number of rotatable bonds is 5. The Labute approximate surface area is 166 Å². The van der Waals surface area contributed by atoms with Crippen molar-refractivity contribution in [3.05, 3.63) is 35.5 Å². The van der Waals surface area contributed by atoms with Crippen LogP contribution in [0.3, 0.4) is 0 Å². The summed E-state index contributed by atoms with van der Waals surface area (Å²) in [5.41, 5.74) is 6.94. The van der Waals surface area contributed by atoms with Gasteiger partial charge >= 0.3 is 12.0 Å². The molecule has 0 radical (unpaired) electrons. The first kappa shape index (κ1) is 20.1. The average molecular weight is 402 g/mol. The highest BCUT2D eigenvalue weighted by Gasteiger charge is 2.28. The predicted molar refractivity (Wildman–Crippen MR) is 102 cm³/mol. The van der Waals surface area contributed by atoms with Crippen LogP contribution < -0.4 is 11.1 Å². The quantitative estimate of drug-likeness (QED) is 0.697. The van der Waals surface area contributed by atoms with Crippen molar-refractivity contribution in [1.82, 2.24) is 20.1 Å². The van der Waals surface area contributed by atoms with E-state index in [1.807, 2.05) is 0 Å². The summed E-state index contributed by atoms with van der Waals surface area (Å²) in [6.45, 7) is 3.52. The number of nitrogens with two attached hydrogens (primary N) is 1. The number of hydrogen-bond acceptors (Lipinski definition) is 8. The van der Waals surface area contributed by atoms with Crippen LogP contribution in [-0.2, 0) is 16.0 Å². The number of urea groups is 1. The molecule has 2 aromatic rings. The zero-order valence-corrected chi connectivity index (χ0v) is 16.0. The molecule has 0 bridgehead atoms. The normalized spacial score (nSPS) is 13.8. The summed E-state index contributed by atoms with van der Waals surface area (Å²) in [5.74, 6) is -0.720. The Hall–Kier alpha value is -3.63. The van der Waals surface area contributed by atoms with Crippen LogP contribution in [0.2, 0.25) is 0 Å². The van der Waals surface area contributed by atoms with E-state index in [2.05, 4.69) is 20.3 Å². The van der Waals surface area contributed by atoms with Gasteiger partial charge in [-0.2, -0.15) is 0 Å². The Balaban J connectivity index is 1.49. The van der Waals surface area contributed by atoms with Crippen LogP contribution in [0.15, 0.2) is 28.9 Å². The summed E-state index contributed by atoms with van der Waals surface area (Å²) in [7, 11) is 0. The van der Waals surface area contributed by atoms with Crippen molar-refractivity contribution in [2.75, 3.05) is 43.8 Å². The first-order valence-electron chi connectivity index (χ1n) is 9.15. The predicted octanol–water partition coefficient (Wildman–Crippen LogP) is 0.747. The SMILES string of the molecule is CCOC(=O)Cc1ccc(NC(=O)N2CCN(C(=O)c3nonc3N)CC2)cc1. The van der Waals surface area contributed by atoms with Crippen LogP contribution >= 0.6 is 0 Å². The smallest absolute Gasteiger partial charge is 0.321 e. The molecule has 1 saturated heterocycles. The van der Waals surface area contributed by atoms with Crippen molar-refractivity contribution in [2.24, 2.45) is 0 Å². The molecule has 3 amide bonds. The number of amides is 3. The van der Waals surface area contributed by atoms with Gasteiger partial charge in [-0.15, -0.1) is 0 Å². The van der Waals surface area contributed by atoms with Crippen LogP contribution in [0, 0.1) is 0 Å². The fourth-order valence-electron chi connectivity index (χ4n) is 2.89. The molecule has 29 heavy (non-hydrogen) atoms. The third kappa shape index (κ3) is 5.00. The van der Waals surface area contributed by atoms with E-state index >= 15 is 0 Å². The maximum atomic E-state index is 12.5. The molecule has 1 fully saturated rings. The molecule has 2 heterocycles. The Morgan fingerprint density at radius 1 is 1.10 bits per heavy atom. The van der Waals surface area contributed by atoms with Gasteiger partial charge in [-0.1, -0.05) is 12.1 Å². The van der Waals surface area contributed by atoms with E-state index in [4.69, 9.17) is 10.5 Å². The lowest BCUT2D eigenvalue weighted by Crippen LogP contribution is -2.51. The monoisotopic (exact) mass is 402 g/mol. The Bertz CT molecular complexity index is 873. The molecule has 1 aromatic heterocycles. The second kappa shape index (κ2) is 9.04. The number of nitrogens with zero attached hydrogens (tertiary/aromatic N) is 4. The molecule has 11 nitrogen and oxygen atoms in total. The molecule has 1 aliphatic rings. The minimum absolute atomic E-state index is 0.0224. The number of carbonyl (C=O) groups is 3. The van der Waals surface area contributed by atoms with E-state index in [0.717, 1.165) is 5.56 Å². The Morgan fingerprint density at radius 2 is 1.76 bits per heavy atom. The van der Waals surface area contributed by atoms with Gasteiger partial charge in [0.2, 0.25) is 11.5 Å². The van der Waals surface area contributed by atoms with Crippen LogP contribution in [0.5, 0.6) is 0 Å². The third-order valence-corrected chi connectivity index (χ3v) is 4.43. The summed E-state index contributed by atoms with van der Waals surface area (Å²) in [5, 5.41) is 9.72. The van der Waals surface area contributed by atoms with E-state index in [1.54, 1.807) is 41.0 Å². The number of aromatic nitrogens is 2. The molecule has 0 saturated carbocycles. The van der Waals surface area contributed by atoms with Gasteiger partial charge in [0.1, 0.15) is 0 Å². The van der Waals surface area contributed by atoms with Crippen molar-refractivity contribution in [2.45, 2.75) is 13.3 Å². The second-order valence-corrected chi connectivity index (χ2v) is 6.39. The highest BCUT2D eigenvalue weighted by Crippen LogP contribution is 2.14. The lowest BCUT2D eigenvalue weighted by Gasteiger charge is -2.34. The maximum absolute atomic E-state index is 12.5. The van der Waals surface area contributed by atoms with Gasteiger partial charge in [0.25, 0.3) is 5.91 Å². The van der Waals surface area contributed by atoms with Crippen LogP contribution in [0.1, 0.15) is 23.0 Å². The number of carbonyl (C=O) groups excluding carboxylic acids is 3. The molecular weight excluding hydrogens is 380 g/mol. The van der Waals surface area contributed by atoms with Gasteiger partial charge in [0.15, 0.2) is 0 Å². The van der Waals surface area contributed by atoms with Gasteiger partial charge in [-0.3, -0.25) is 9.59 Å². The number of piperazine rings is 1. The van der Waals surface area contributed by atoms with E-state index in [1.165, 1.54) is 0 Å². The first-order chi connectivity index (χ1) is 14.0. The van der Waals surface area contributed by atoms with Crippen LogP contribution in [0.4, 0.5) is 16.3 Å². The number of hydrogen-bond donors (Lipinski definition) is 2. The number of ether oxygens (including phenoxy) is 1. The van der Waals surface area contributed by atoms with Crippen LogP contribution in [0.25, 0.3) is 0 Å². The zero-order valence-electron chi connectivity index (χ0n) is 16.0. The molecule has 1 aromatic carbocycles. The topological polar surface area (TPSA) is 144 Å². The first-order valence-corrected chi connectivity index (χ1v) is 9.15. The van der Waals surface area contributed by atoms with Crippen molar-refractivity contribution >= 4 is 29.4 Å². The fourth-order valence-corrected chi connectivity index (χ4v) is 2.89. The van der Waals surface area contributed by atoms with Crippen molar-refractivity contribution in [3.63, 3.8) is 0 Å². The zero-order chi connectivity index (χ0) is 20.8. The van der Waals surface area contributed by atoms with E-state index in [-0.39, 0.29) is 35.8 Å². The average Bonchev–Trinajstić information content (AvgIpc) is 3.15. The minimum atomic E-state index is -0.374. The largest absolute Gasteiger partial charge is 0.466 e. The number of nitrogens with one attached hydrogen (secondary N) is 1. The fraction of sp³-hybridized carbons (Fsp3) is 0.389. The van der Waals surface area contributed by atoms with Crippen molar-refractivity contribution < 1.29 is 23.7 Å². The van der Waals surface area contributed by atoms with Crippen LogP contribution in [-0.4, -0.2) is 70.8 Å². The molecule has 0 atom stereocenters. The lowest BCUT2D eigenvalue weighted by atomic mass is 10.1. The molecule has 0 spiro atoms. The number of esters is 1. The molecule has 0 unspecified atom stereocenters. The van der Waals surface area contributed by atoms with Gasteiger partial charge in [0.05, 0.1) is 13.0 Å². The summed E-state index contributed by atoms with van der Waals surface area (Å²) >= 11 is 0. The summed E-state index contributed by atoms with van der Waals surface area (Å²) in [6.07, 6.45) is 0.184. The lowest BCUT2D eigenvalue weighted by molar-refractivity contribution is -0.142.